The lowest BCUT2D eigenvalue weighted by Crippen LogP contribution is -2.48. The molecule has 0 unspecified atom stereocenters. The van der Waals surface area contributed by atoms with E-state index < -0.39 is 11.9 Å². The van der Waals surface area contributed by atoms with E-state index in [0.717, 1.165) is 29.6 Å². The van der Waals surface area contributed by atoms with Gasteiger partial charge in [0.15, 0.2) is 11.7 Å². The first-order chi connectivity index (χ1) is 14.3. The normalized spacial score (nSPS) is 17.0. The second kappa shape index (κ2) is 9.78. The van der Waals surface area contributed by atoms with Gasteiger partial charge in [0.05, 0.1) is 5.01 Å². The highest BCUT2D eigenvalue weighted by atomic mass is 32.1. The predicted molar refractivity (Wildman–Crippen MR) is 113 cm³/mol. The number of halogens is 3. The standard InChI is InChI=1S/C21H27F3N4OS/c1-15-5-3-4-6-16(15)20(8-11-29-12-9-20)14-27-19(25-2)26-10-7-18-28-17(13-30-18)21(22,23)24/h3-6,13H,7-12,14H2,1-2H3,(H2,25,26,27). The molecule has 5 nitrogen and oxygen atoms in total. The molecule has 1 aliphatic heterocycles. The van der Waals surface area contributed by atoms with Crippen LogP contribution >= 0.6 is 11.3 Å². The summed E-state index contributed by atoms with van der Waals surface area (Å²) in [5.41, 5.74) is 1.70. The van der Waals surface area contributed by atoms with Crippen molar-refractivity contribution < 1.29 is 17.9 Å². The summed E-state index contributed by atoms with van der Waals surface area (Å²) in [5.74, 6) is 0.627. The van der Waals surface area contributed by atoms with Gasteiger partial charge >= 0.3 is 6.18 Å². The highest BCUT2D eigenvalue weighted by molar-refractivity contribution is 7.09. The van der Waals surface area contributed by atoms with Crippen LogP contribution in [0.3, 0.4) is 0 Å². The van der Waals surface area contributed by atoms with E-state index in [2.05, 4.69) is 45.7 Å². The van der Waals surface area contributed by atoms with Gasteiger partial charge in [-0.3, -0.25) is 4.99 Å². The molecule has 9 heteroatoms. The molecule has 0 radical (unpaired) electrons. The van der Waals surface area contributed by atoms with Crippen LogP contribution in [-0.2, 0) is 22.7 Å². The second-order valence-corrected chi connectivity index (χ2v) is 8.38. The maximum absolute atomic E-state index is 12.7. The zero-order valence-electron chi connectivity index (χ0n) is 17.2. The molecular formula is C21H27F3N4OS. The number of ether oxygens (including phenoxy) is 1. The second-order valence-electron chi connectivity index (χ2n) is 7.43. The molecule has 0 bridgehead atoms. The fourth-order valence-electron chi connectivity index (χ4n) is 3.79. The SMILES string of the molecule is CN=C(NCCc1nc(C(F)(F)F)cs1)NCC1(c2ccccc2C)CCOCC1. The van der Waals surface area contributed by atoms with Crippen molar-refractivity contribution in [3.05, 3.63) is 51.5 Å². The zero-order chi connectivity index (χ0) is 21.6. The van der Waals surface area contributed by atoms with E-state index in [0.29, 0.717) is 43.7 Å². The van der Waals surface area contributed by atoms with E-state index in [-0.39, 0.29) is 5.41 Å². The molecule has 30 heavy (non-hydrogen) atoms. The van der Waals surface area contributed by atoms with Gasteiger partial charge in [-0.2, -0.15) is 13.2 Å². The molecule has 2 aromatic rings. The van der Waals surface area contributed by atoms with Gasteiger partial charge in [0.2, 0.25) is 0 Å². The number of thiazole rings is 1. The first kappa shape index (κ1) is 22.6. The van der Waals surface area contributed by atoms with Crippen LogP contribution in [0.1, 0.15) is 34.7 Å². The van der Waals surface area contributed by atoms with Crippen molar-refractivity contribution in [3.8, 4) is 0 Å². The quantitative estimate of drug-likeness (QED) is 0.528. The van der Waals surface area contributed by atoms with Crippen molar-refractivity contribution >= 4 is 17.3 Å². The number of nitrogens with zero attached hydrogens (tertiary/aromatic N) is 2. The highest BCUT2D eigenvalue weighted by Gasteiger charge is 2.36. The molecule has 2 heterocycles. The van der Waals surface area contributed by atoms with Crippen LogP contribution in [0.4, 0.5) is 13.2 Å². The summed E-state index contributed by atoms with van der Waals surface area (Å²) in [4.78, 5) is 7.92. The molecule has 1 fully saturated rings. The number of aromatic nitrogens is 1. The summed E-state index contributed by atoms with van der Waals surface area (Å²) in [6.45, 7) is 4.71. The number of benzene rings is 1. The predicted octanol–water partition coefficient (Wildman–Crippen LogP) is 3.93. The Morgan fingerprint density at radius 3 is 2.60 bits per heavy atom. The molecule has 1 aliphatic rings. The Hall–Kier alpha value is -2.13. The van der Waals surface area contributed by atoms with Crippen LogP contribution in [0.25, 0.3) is 0 Å². The molecule has 2 N–H and O–H groups in total. The van der Waals surface area contributed by atoms with E-state index in [1.165, 1.54) is 11.1 Å². The van der Waals surface area contributed by atoms with E-state index in [1.54, 1.807) is 7.05 Å². The number of alkyl halides is 3. The maximum atomic E-state index is 12.7. The first-order valence-electron chi connectivity index (χ1n) is 9.94. The minimum atomic E-state index is -4.40. The molecule has 0 atom stereocenters. The van der Waals surface area contributed by atoms with Crippen LogP contribution in [-0.4, -0.2) is 44.3 Å². The van der Waals surface area contributed by atoms with Crippen molar-refractivity contribution in [3.63, 3.8) is 0 Å². The number of rotatable bonds is 6. The molecule has 1 aromatic carbocycles. The molecule has 164 valence electrons. The summed E-state index contributed by atoms with van der Waals surface area (Å²) >= 11 is 1.02. The Labute approximate surface area is 178 Å². The van der Waals surface area contributed by atoms with Crippen LogP contribution < -0.4 is 10.6 Å². The number of nitrogens with one attached hydrogen (secondary N) is 2. The largest absolute Gasteiger partial charge is 0.434 e. The van der Waals surface area contributed by atoms with Gasteiger partial charge in [0, 0.05) is 50.6 Å². The molecule has 0 aliphatic carbocycles. The number of aliphatic imine (C=N–C) groups is 1. The van der Waals surface area contributed by atoms with E-state index in [9.17, 15) is 13.2 Å². The third-order valence-corrected chi connectivity index (χ3v) is 6.37. The topological polar surface area (TPSA) is 58.5 Å². The van der Waals surface area contributed by atoms with Gasteiger partial charge in [-0.15, -0.1) is 11.3 Å². The average Bonchev–Trinajstić information content (AvgIpc) is 3.21. The van der Waals surface area contributed by atoms with Gasteiger partial charge in [0.1, 0.15) is 0 Å². The smallest absolute Gasteiger partial charge is 0.381 e. The summed E-state index contributed by atoms with van der Waals surface area (Å²) in [6.07, 6.45) is -2.16. The highest BCUT2D eigenvalue weighted by Crippen LogP contribution is 2.36. The van der Waals surface area contributed by atoms with Gasteiger partial charge in [0.25, 0.3) is 0 Å². The maximum Gasteiger partial charge on any atom is 0.434 e. The number of hydrogen-bond acceptors (Lipinski definition) is 4. The lowest BCUT2D eigenvalue weighted by molar-refractivity contribution is -0.140. The monoisotopic (exact) mass is 440 g/mol. The Kier molecular flexibility index (Phi) is 7.36. The first-order valence-corrected chi connectivity index (χ1v) is 10.8. The molecular weight excluding hydrogens is 413 g/mol. The summed E-state index contributed by atoms with van der Waals surface area (Å²) in [5, 5.41) is 8.09. The summed E-state index contributed by atoms with van der Waals surface area (Å²) in [7, 11) is 1.69. The Bertz CT molecular complexity index is 860. The number of guanidine groups is 1. The Morgan fingerprint density at radius 2 is 1.97 bits per heavy atom. The molecule has 0 spiro atoms. The number of hydrogen-bond donors (Lipinski definition) is 2. The molecule has 3 rings (SSSR count). The van der Waals surface area contributed by atoms with Crippen LogP contribution in [0.5, 0.6) is 0 Å². The van der Waals surface area contributed by atoms with E-state index >= 15 is 0 Å². The zero-order valence-corrected chi connectivity index (χ0v) is 18.0. The van der Waals surface area contributed by atoms with Crippen molar-refractivity contribution in [2.24, 2.45) is 4.99 Å². The average molecular weight is 441 g/mol. The summed E-state index contributed by atoms with van der Waals surface area (Å²) in [6, 6.07) is 8.42. The number of aryl methyl sites for hydroxylation is 1. The third kappa shape index (κ3) is 5.51. The summed E-state index contributed by atoms with van der Waals surface area (Å²) < 4.78 is 43.6. The van der Waals surface area contributed by atoms with Crippen LogP contribution in [0.15, 0.2) is 34.6 Å². The molecule has 1 aromatic heterocycles. The van der Waals surface area contributed by atoms with Crippen LogP contribution in [0, 0.1) is 6.92 Å². The third-order valence-electron chi connectivity index (χ3n) is 5.46. The lowest BCUT2D eigenvalue weighted by Gasteiger charge is -2.39. The minimum Gasteiger partial charge on any atom is -0.381 e. The van der Waals surface area contributed by atoms with Gasteiger partial charge in [-0.05, 0) is 30.9 Å². The fourth-order valence-corrected chi connectivity index (χ4v) is 4.59. The Morgan fingerprint density at radius 1 is 1.23 bits per heavy atom. The van der Waals surface area contributed by atoms with Gasteiger partial charge in [-0.25, -0.2) is 4.98 Å². The fraction of sp³-hybridized carbons (Fsp3) is 0.524. The molecule has 0 amide bonds. The van der Waals surface area contributed by atoms with E-state index in [4.69, 9.17) is 4.74 Å². The van der Waals surface area contributed by atoms with Gasteiger partial charge < -0.3 is 15.4 Å². The van der Waals surface area contributed by atoms with Crippen molar-refractivity contribution in [2.75, 3.05) is 33.4 Å². The van der Waals surface area contributed by atoms with Gasteiger partial charge in [-0.1, -0.05) is 24.3 Å². The van der Waals surface area contributed by atoms with E-state index in [1.807, 2.05) is 6.07 Å². The molecule has 1 saturated heterocycles. The minimum absolute atomic E-state index is 0.0435. The van der Waals surface area contributed by atoms with Crippen molar-refractivity contribution in [1.82, 2.24) is 15.6 Å². The van der Waals surface area contributed by atoms with Crippen LogP contribution in [0.2, 0.25) is 0 Å². The van der Waals surface area contributed by atoms with Crippen molar-refractivity contribution in [2.45, 2.75) is 37.8 Å². The van der Waals surface area contributed by atoms with Crippen molar-refractivity contribution in [1.29, 1.82) is 0 Å². The lowest BCUT2D eigenvalue weighted by atomic mass is 9.72. The Balaban J connectivity index is 1.58. The molecule has 0 saturated carbocycles.